The number of halogens is 1. The summed E-state index contributed by atoms with van der Waals surface area (Å²) in [5, 5.41) is 24.6. The van der Waals surface area contributed by atoms with Crippen LogP contribution >= 0.6 is 11.6 Å². The maximum Gasteiger partial charge on any atom is 0.222 e. The summed E-state index contributed by atoms with van der Waals surface area (Å²) in [6.45, 7) is 3.42. The predicted molar refractivity (Wildman–Crippen MR) is 77.0 cm³/mol. The van der Waals surface area contributed by atoms with Gasteiger partial charge in [0.25, 0.3) is 0 Å². The van der Waals surface area contributed by atoms with Gasteiger partial charge in [0.2, 0.25) is 12.1 Å². The van der Waals surface area contributed by atoms with E-state index in [0.29, 0.717) is 28.3 Å². The molecule has 0 unspecified atom stereocenters. The number of ether oxygens (including phenoxy) is 1. The number of nitrogens with one attached hydrogen (secondary N) is 1. The average molecular weight is 315 g/mol. The molecule has 21 heavy (non-hydrogen) atoms. The monoisotopic (exact) mass is 314 g/mol. The zero-order chi connectivity index (χ0) is 15.6. The maximum absolute atomic E-state index is 11.9. The lowest BCUT2D eigenvalue weighted by Crippen LogP contribution is -2.54. The lowest BCUT2D eigenvalue weighted by molar-refractivity contribution is -0.606. The van der Waals surface area contributed by atoms with Gasteiger partial charge in [-0.05, 0) is 20.3 Å². The molecule has 1 amide bonds. The summed E-state index contributed by atoms with van der Waals surface area (Å²) in [4.78, 5) is 11.9. The number of amides is 1. The fourth-order valence-corrected chi connectivity index (χ4v) is 2.49. The van der Waals surface area contributed by atoms with Crippen molar-refractivity contribution in [2.24, 2.45) is 0 Å². The summed E-state index contributed by atoms with van der Waals surface area (Å²) in [7, 11) is 0. The van der Waals surface area contributed by atoms with Crippen LogP contribution in [0.5, 0.6) is 5.75 Å². The van der Waals surface area contributed by atoms with Crippen LogP contribution < -0.4 is 14.8 Å². The molecule has 6 nitrogen and oxygen atoms in total. The van der Waals surface area contributed by atoms with Crippen molar-refractivity contribution in [3.8, 4) is 5.75 Å². The van der Waals surface area contributed by atoms with Gasteiger partial charge in [-0.2, -0.15) is 4.73 Å². The van der Waals surface area contributed by atoms with Crippen LogP contribution in [0.1, 0.15) is 38.3 Å². The number of nitrogens with zero attached hydrogens (tertiary/aromatic N) is 1. The van der Waals surface area contributed by atoms with Gasteiger partial charge < -0.3 is 20.4 Å². The number of fused-ring (bicyclic) bond motifs is 1. The van der Waals surface area contributed by atoms with Gasteiger partial charge in [-0.3, -0.25) is 4.79 Å². The Kier molecular flexibility index (Phi) is 4.58. The number of pyridine rings is 1. The Hall–Kier alpha value is -1.53. The van der Waals surface area contributed by atoms with Gasteiger partial charge in [-0.25, -0.2) is 0 Å². The summed E-state index contributed by atoms with van der Waals surface area (Å²) in [6.07, 6.45) is 2.54. The molecule has 1 aliphatic heterocycles. The zero-order valence-corrected chi connectivity index (χ0v) is 12.8. The first kappa shape index (κ1) is 15.9. The molecule has 2 rings (SSSR count). The fraction of sp³-hybridized carbons (Fsp3) is 0.571. The molecular weight excluding hydrogens is 296 g/mol. The van der Waals surface area contributed by atoms with Gasteiger partial charge in [-0.1, -0.05) is 0 Å². The first-order chi connectivity index (χ1) is 9.85. The highest BCUT2D eigenvalue weighted by Gasteiger charge is 2.44. The van der Waals surface area contributed by atoms with E-state index in [1.807, 2.05) is 0 Å². The molecule has 7 heteroatoms. The van der Waals surface area contributed by atoms with Crippen molar-refractivity contribution < 1.29 is 19.4 Å². The molecule has 0 radical (unpaired) electrons. The Balaban J connectivity index is 2.28. The summed E-state index contributed by atoms with van der Waals surface area (Å²) >= 11 is 5.57. The first-order valence-electron chi connectivity index (χ1n) is 6.80. The Bertz CT molecular complexity index is 536. The summed E-state index contributed by atoms with van der Waals surface area (Å²) in [6, 6.07) is 0.931. The Morgan fingerprint density at radius 1 is 1.62 bits per heavy atom. The molecule has 0 aromatic carbocycles. The van der Waals surface area contributed by atoms with Crippen LogP contribution in [0.15, 0.2) is 18.5 Å². The van der Waals surface area contributed by atoms with E-state index >= 15 is 0 Å². The number of hydrogen-bond acceptors (Lipinski definition) is 4. The number of hydrogen-bond donors (Lipinski definition) is 2. The van der Waals surface area contributed by atoms with E-state index in [4.69, 9.17) is 16.3 Å². The minimum atomic E-state index is -0.924. The van der Waals surface area contributed by atoms with E-state index in [0.717, 1.165) is 0 Å². The average Bonchev–Trinajstić information content (AvgIpc) is 2.41. The van der Waals surface area contributed by atoms with E-state index in [2.05, 4.69) is 5.32 Å². The third kappa shape index (κ3) is 3.39. The van der Waals surface area contributed by atoms with Crippen molar-refractivity contribution in [3.63, 3.8) is 0 Å². The van der Waals surface area contributed by atoms with E-state index in [9.17, 15) is 15.1 Å². The molecule has 0 aliphatic carbocycles. The Morgan fingerprint density at radius 2 is 2.33 bits per heavy atom. The topological polar surface area (TPSA) is 85.5 Å². The lowest BCUT2D eigenvalue weighted by Gasteiger charge is -2.41. The third-order valence-corrected chi connectivity index (χ3v) is 3.79. The van der Waals surface area contributed by atoms with E-state index in [1.54, 1.807) is 19.9 Å². The SMILES string of the molecule is CC1(C)Oc2c[n+]([O-])ccc2[C@@H](NC(=O)CCCCl)[C@@H]1O. The molecule has 2 atom stereocenters. The molecule has 1 aromatic heterocycles. The summed E-state index contributed by atoms with van der Waals surface area (Å²) < 4.78 is 6.29. The lowest BCUT2D eigenvalue weighted by atomic mass is 9.87. The zero-order valence-electron chi connectivity index (χ0n) is 12.0. The molecule has 0 fully saturated rings. The van der Waals surface area contributed by atoms with Crippen molar-refractivity contribution in [1.82, 2.24) is 5.32 Å². The molecule has 0 saturated carbocycles. The number of aliphatic hydroxyl groups excluding tert-OH is 1. The van der Waals surface area contributed by atoms with Gasteiger partial charge in [0.15, 0.2) is 11.9 Å². The summed E-state index contributed by atoms with van der Waals surface area (Å²) in [5.41, 5.74) is -0.320. The minimum Gasteiger partial charge on any atom is -0.619 e. The van der Waals surface area contributed by atoms with Crippen LogP contribution in [0.3, 0.4) is 0 Å². The predicted octanol–water partition coefficient (Wildman–Crippen LogP) is 1.03. The van der Waals surface area contributed by atoms with Gasteiger partial charge in [0.05, 0.1) is 6.04 Å². The molecule has 2 heterocycles. The second-order valence-electron chi connectivity index (χ2n) is 5.61. The van der Waals surface area contributed by atoms with Crippen molar-refractivity contribution in [2.75, 3.05) is 5.88 Å². The van der Waals surface area contributed by atoms with Gasteiger partial charge in [-0.15, -0.1) is 11.6 Å². The molecule has 0 bridgehead atoms. The van der Waals surface area contributed by atoms with Crippen molar-refractivity contribution in [1.29, 1.82) is 0 Å². The standard InChI is InChI=1S/C14H19ClN2O4/c1-14(2)13(19)12(16-11(18)4-3-6-15)9-5-7-17(20)8-10(9)21-14/h5,7-8,12-13,19H,3-4,6H2,1-2H3,(H,16,18)/t12-,13+/m1/s1. The van der Waals surface area contributed by atoms with Crippen LogP contribution in [0.4, 0.5) is 0 Å². The number of rotatable bonds is 4. The molecular formula is C14H19ClN2O4. The highest BCUT2D eigenvalue weighted by atomic mass is 35.5. The molecule has 0 spiro atoms. The van der Waals surface area contributed by atoms with Crippen molar-refractivity contribution in [3.05, 3.63) is 29.2 Å². The van der Waals surface area contributed by atoms with Gasteiger partial charge >= 0.3 is 0 Å². The second kappa shape index (κ2) is 6.07. The number of aliphatic hydroxyl groups is 1. The van der Waals surface area contributed by atoms with Crippen LogP contribution in [-0.4, -0.2) is 28.6 Å². The highest BCUT2D eigenvalue weighted by Crippen LogP contribution is 2.38. The molecule has 1 aliphatic rings. The summed E-state index contributed by atoms with van der Waals surface area (Å²) in [5.74, 6) is 0.579. The normalized spacial score (nSPS) is 23.0. The first-order valence-corrected chi connectivity index (χ1v) is 7.33. The van der Waals surface area contributed by atoms with Crippen LogP contribution in [0.2, 0.25) is 0 Å². The number of carbonyl (C=O) groups is 1. The number of carbonyl (C=O) groups excluding carboxylic acids is 1. The molecule has 1 aromatic rings. The van der Waals surface area contributed by atoms with E-state index in [1.165, 1.54) is 12.4 Å². The fourth-order valence-electron chi connectivity index (χ4n) is 2.36. The Morgan fingerprint density at radius 3 is 3.00 bits per heavy atom. The Labute approximate surface area is 128 Å². The largest absolute Gasteiger partial charge is 0.619 e. The molecule has 116 valence electrons. The van der Waals surface area contributed by atoms with Crippen LogP contribution in [0, 0.1) is 5.21 Å². The highest BCUT2D eigenvalue weighted by molar-refractivity contribution is 6.17. The minimum absolute atomic E-state index is 0.192. The maximum atomic E-state index is 11.9. The van der Waals surface area contributed by atoms with Gasteiger partial charge in [0.1, 0.15) is 11.7 Å². The second-order valence-corrected chi connectivity index (χ2v) is 5.99. The number of alkyl halides is 1. The number of aromatic nitrogens is 1. The van der Waals surface area contributed by atoms with Crippen LogP contribution in [-0.2, 0) is 4.79 Å². The van der Waals surface area contributed by atoms with E-state index < -0.39 is 17.7 Å². The third-order valence-electron chi connectivity index (χ3n) is 3.52. The van der Waals surface area contributed by atoms with Crippen molar-refractivity contribution in [2.45, 2.75) is 44.4 Å². The molecule has 0 saturated heterocycles. The van der Waals surface area contributed by atoms with Gasteiger partial charge in [0, 0.05) is 23.9 Å². The smallest absolute Gasteiger partial charge is 0.222 e. The quantitative estimate of drug-likeness (QED) is 0.494. The van der Waals surface area contributed by atoms with E-state index in [-0.39, 0.29) is 12.3 Å². The molecule has 2 N–H and O–H groups in total. The van der Waals surface area contributed by atoms with Crippen LogP contribution in [0.25, 0.3) is 0 Å². The van der Waals surface area contributed by atoms with Crippen molar-refractivity contribution >= 4 is 17.5 Å².